The summed E-state index contributed by atoms with van der Waals surface area (Å²) in [6.07, 6.45) is 5.18. The molecule has 2 heterocycles. The predicted octanol–water partition coefficient (Wildman–Crippen LogP) is 3.58. The molecule has 6 heteroatoms. The molecule has 6 nitrogen and oxygen atoms in total. The number of anilines is 1. The lowest BCUT2D eigenvalue weighted by molar-refractivity contribution is 0.174. The Morgan fingerprint density at radius 3 is 2.78 bits per heavy atom. The van der Waals surface area contributed by atoms with Crippen LogP contribution in [0.4, 0.5) is 11.4 Å². The summed E-state index contributed by atoms with van der Waals surface area (Å²) >= 11 is 0. The van der Waals surface area contributed by atoms with Gasteiger partial charge in [0.1, 0.15) is 0 Å². The van der Waals surface area contributed by atoms with Crippen LogP contribution in [0.1, 0.15) is 0 Å². The molecule has 1 aliphatic heterocycles. The summed E-state index contributed by atoms with van der Waals surface area (Å²) in [5.41, 5.74) is 3.72. The van der Waals surface area contributed by atoms with Crippen molar-refractivity contribution in [3.8, 4) is 22.8 Å². The van der Waals surface area contributed by atoms with E-state index in [0.717, 1.165) is 34.1 Å². The average Bonchev–Trinajstić information content (AvgIpc) is 3.27. The van der Waals surface area contributed by atoms with Crippen molar-refractivity contribution >= 4 is 17.7 Å². The molecule has 114 valence electrons. The summed E-state index contributed by atoms with van der Waals surface area (Å²) in [6.45, 7) is 0.273. The maximum absolute atomic E-state index is 5.34. The number of rotatable bonds is 4. The minimum atomic E-state index is 0.273. The lowest BCUT2D eigenvalue weighted by Crippen LogP contribution is -1.94. The van der Waals surface area contributed by atoms with Gasteiger partial charge in [0, 0.05) is 23.5 Å². The number of imidazole rings is 1. The minimum absolute atomic E-state index is 0.273. The van der Waals surface area contributed by atoms with Gasteiger partial charge in [-0.05, 0) is 24.3 Å². The summed E-state index contributed by atoms with van der Waals surface area (Å²) in [5, 5.41) is 3.12. The van der Waals surface area contributed by atoms with Crippen LogP contribution >= 0.6 is 0 Å². The molecule has 1 aliphatic rings. The van der Waals surface area contributed by atoms with Crippen molar-refractivity contribution in [3.63, 3.8) is 0 Å². The average molecular weight is 306 g/mol. The van der Waals surface area contributed by atoms with Crippen molar-refractivity contribution < 1.29 is 9.47 Å². The molecular weight excluding hydrogens is 292 g/mol. The molecule has 23 heavy (non-hydrogen) atoms. The molecule has 0 saturated carbocycles. The number of aromatic amines is 1. The number of nitrogens with zero attached hydrogens (tertiary/aromatic N) is 2. The molecule has 1 aromatic heterocycles. The van der Waals surface area contributed by atoms with Gasteiger partial charge in [0.25, 0.3) is 0 Å². The van der Waals surface area contributed by atoms with Crippen molar-refractivity contribution in [2.24, 2.45) is 4.99 Å². The van der Waals surface area contributed by atoms with E-state index >= 15 is 0 Å². The number of H-pyrrole nitrogens is 1. The summed E-state index contributed by atoms with van der Waals surface area (Å²) in [6, 6.07) is 13.5. The molecular formula is C17H14N4O2. The number of aliphatic imine (C=N–C) groups is 1. The quantitative estimate of drug-likeness (QED) is 0.571. The third kappa shape index (κ3) is 2.87. The molecule has 0 fully saturated rings. The third-order valence-electron chi connectivity index (χ3n) is 3.48. The van der Waals surface area contributed by atoms with Gasteiger partial charge in [0.05, 0.1) is 24.0 Å². The fourth-order valence-electron chi connectivity index (χ4n) is 2.30. The maximum Gasteiger partial charge on any atom is 0.231 e. The standard InChI is InChI=1S/C17H14N4O2/c1-3-13(4-2-12(1)15-8-18-9-21-15)19-10-20-14-5-6-16-17(7-14)23-11-22-16/h1-10H,11H2,(H,18,21)(H,19,20). The Labute approximate surface area is 132 Å². The van der Waals surface area contributed by atoms with Crippen molar-refractivity contribution in [1.82, 2.24) is 9.97 Å². The van der Waals surface area contributed by atoms with E-state index in [1.807, 2.05) is 48.7 Å². The van der Waals surface area contributed by atoms with Crippen LogP contribution < -0.4 is 14.8 Å². The zero-order valence-corrected chi connectivity index (χ0v) is 12.2. The first-order valence-corrected chi connectivity index (χ1v) is 7.16. The van der Waals surface area contributed by atoms with E-state index < -0.39 is 0 Å². The highest BCUT2D eigenvalue weighted by Gasteiger charge is 2.12. The van der Waals surface area contributed by atoms with Crippen molar-refractivity contribution in [3.05, 3.63) is 55.0 Å². The molecule has 0 bridgehead atoms. The van der Waals surface area contributed by atoms with Crippen molar-refractivity contribution in [2.45, 2.75) is 0 Å². The lowest BCUT2D eigenvalue weighted by atomic mass is 10.1. The highest BCUT2D eigenvalue weighted by molar-refractivity contribution is 5.79. The Balaban J connectivity index is 1.42. The second kappa shape index (κ2) is 5.84. The predicted molar refractivity (Wildman–Crippen MR) is 88.4 cm³/mol. The van der Waals surface area contributed by atoms with Crippen LogP contribution in [0.3, 0.4) is 0 Å². The van der Waals surface area contributed by atoms with Gasteiger partial charge < -0.3 is 19.8 Å². The first kappa shape index (κ1) is 13.4. The number of fused-ring (bicyclic) bond motifs is 1. The summed E-state index contributed by atoms with van der Waals surface area (Å²) < 4.78 is 10.6. The zero-order chi connectivity index (χ0) is 15.5. The highest BCUT2D eigenvalue weighted by atomic mass is 16.7. The smallest absolute Gasteiger partial charge is 0.231 e. The fourth-order valence-corrected chi connectivity index (χ4v) is 2.30. The minimum Gasteiger partial charge on any atom is -0.454 e. The van der Waals surface area contributed by atoms with E-state index in [9.17, 15) is 0 Å². The molecule has 0 atom stereocenters. The van der Waals surface area contributed by atoms with E-state index in [0.29, 0.717) is 0 Å². The molecule has 0 amide bonds. The Kier molecular flexibility index (Phi) is 3.40. The monoisotopic (exact) mass is 306 g/mol. The summed E-state index contributed by atoms with van der Waals surface area (Å²) in [7, 11) is 0. The second-order valence-corrected chi connectivity index (χ2v) is 4.97. The third-order valence-corrected chi connectivity index (χ3v) is 3.48. The molecule has 4 rings (SSSR count). The van der Waals surface area contributed by atoms with Gasteiger partial charge in [-0.1, -0.05) is 12.1 Å². The topological polar surface area (TPSA) is 71.5 Å². The molecule has 0 spiro atoms. The largest absolute Gasteiger partial charge is 0.454 e. The first-order valence-electron chi connectivity index (χ1n) is 7.16. The van der Waals surface area contributed by atoms with Gasteiger partial charge >= 0.3 is 0 Å². The molecule has 0 radical (unpaired) electrons. The van der Waals surface area contributed by atoms with Gasteiger partial charge in [-0.15, -0.1) is 0 Å². The summed E-state index contributed by atoms with van der Waals surface area (Å²) in [4.78, 5) is 11.5. The number of aromatic nitrogens is 2. The highest BCUT2D eigenvalue weighted by Crippen LogP contribution is 2.34. The van der Waals surface area contributed by atoms with Crippen LogP contribution in [0.15, 0.2) is 60.0 Å². The van der Waals surface area contributed by atoms with Crippen molar-refractivity contribution in [1.29, 1.82) is 0 Å². The molecule has 0 saturated heterocycles. The number of benzene rings is 2. The van der Waals surface area contributed by atoms with Gasteiger partial charge in [-0.3, -0.25) is 0 Å². The lowest BCUT2D eigenvalue weighted by Gasteiger charge is -2.02. The molecule has 0 unspecified atom stereocenters. The number of hydrogen-bond donors (Lipinski definition) is 2. The fraction of sp³-hybridized carbons (Fsp3) is 0.0588. The SMILES string of the molecule is C(=Nc1ccc(-c2c[nH]cn2)cc1)Nc1ccc2c(c1)OCO2. The zero-order valence-electron chi connectivity index (χ0n) is 12.2. The Hall–Kier alpha value is -3.28. The number of nitrogens with one attached hydrogen (secondary N) is 2. The van der Waals surface area contributed by atoms with E-state index in [2.05, 4.69) is 20.3 Å². The molecule has 2 aromatic carbocycles. The number of ether oxygens (including phenoxy) is 2. The van der Waals surface area contributed by atoms with Crippen LogP contribution in [-0.2, 0) is 0 Å². The summed E-state index contributed by atoms with van der Waals surface area (Å²) in [5.74, 6) is 1.51. The van der Waals surface area contributed by atoms with Gasteiger partial charge in [0.15, 0.2) is 11.5 Å². The van der Waals surface area contributed by atoms with E-state index in [4.69, 9.17) is 9.47 Å². The molecule has 0 aliphatic carbocycles. The van der Waals surface area contributed by atoms with Gasteiger partial charge in [-0.25, -0.2) is 9.98 Å². The Bertz CT molecular complexity index is 826. The van der Waals surface area contributed by atoms with Crippen LogP contribution in [0.5, 0.6) is 11.5 Å². The van der Waals surface area contributed by atoms with E-state index in [1.165, 1.54) is 0 Å². The first-order chi connectivity index (χ1) is 11.4. The van der Waals surface area contributed by atoms with Gasteiger partial charge in [-0.2, -0.15) is 0 Å². The Morgan fingerprint density at radius 2 is 1.96 bits per heavy atom. The maximum atomic E-state index is 5.34. The van der Waals surface area contributed by atoms with Gasteiger partial charge in [0.2, 0.25) is 6.79 Å². The van der Waals surface area contributed by atoms with E-state index in [1.54, 1.807) is 12.7 Å². The number of hydrogen-bond acceptors (Lipinski definition) is 4. The molecule has 2 N–H and O–H groups in total. The second-order valence-electron chi connectivity index (χ2n) is 4.97. The normalized spacial score (nSPS) is 12.7. The van der Waals surface area contributed by atoms with Crippen LogP contribution in [0.2, 0.25) is 0 Å². The van der Waals surface area contributed by atoms with Crippen LogP contribution in [0, 0.1) is 0 Å². The van der Waals surface area contributed by atoms with Crippen molar-refractivity contribution in [2.75, 3.05) is 12.1 Å². The van der Waals surface area contributed by atoms with E-state index in [-0.39, 0.29) is 6.79 Å². The van der Waals surface area contributed by atoms with Crippen LogP contribution in [-0.4, -0.2) is 23.1 Å². The molecule has 3 aromatic rings. The van der Waals surface area contributed by atoms with Crippen LogP contribution in [0.25, 0.3) is 11.3 Å². The Morgan fingerprint density at radius 1 is 1.09 bits per heavy atom.